The summed E-state index contributed by atoms with van der Waals surface area (Å²) in [5, 5.41) is 10.4. The molecule has 4 aromatic rings. The molecule has 3 heterocycles. The van der Waals surface area contributed by atoms with Crippen LogP contribution in [-0.4, -0.2) is 44.2 Å². The number of nitrogens with zero attached hydrogens (tertiary/aromatic N) is 6. The number of hydrogen-bond donors (Lipinski definition) is 1. The summed E-state index contributed by atoms with van der Waals surface area (Å²) in [5.74, 6) is 0.153. The Morgan fingerprint density at radius 1 is 1.03 bits per heavy atom. The number of hydrogen-bond acceptors (Lipinski definition) is 6. The number of aromatic nitrogens is 5. The van der Waals surface area contributed by atoms with Crippen LogP contribution in [0.4, 0.5) is 35.2 Å². The Morgan fingerprint density at radius 3 is 2.40 bits per heavy atom. The second kappa shape index (κ2) is 8.70. The number of alkyl halides is 3. The van der Waals surface area contributed by atoms with Gasteiger partial charge in [0.2, 0.25) is 0 Å². The first-order chi connectivity index (χ1) is 16.8. The van der Waals surface area contributed by atoms with E-state index < -0.39 is 24.8 Å². The minimum Gasteiger partial charge on any atom is -0.454 e. The van der Waals surface area contributed by atoms with Gasteiger partial charge in [-0.15, -0.1) is 0 Å². The van der Waals surface area contributed by atoms with Gasteiger partial charge in [0.15, 0.2) is 12.4 Å². The van der Waals surface area contributed by atoms with Gasteiger partial charge in [0.25, 0.3) is 0 Å². The molecule has 0 saturated carbocycles. The summed E-state index contributed by atoms with van der Waals surface area (Å²) in [5.41, 5.74) is 4.08. The summed E-state index contributed by atoms with van der Waals surface area (Å²) in [6, 6.07) is 13.4. The molecule has 0 atom stereocenters. The molecule has 0 saturated heterocycles. The van der Waals surface area contributed by atoms with Crippen molar-refractivity contribution >= 4 is 23.2 Å². The lowest BCUT2D eigenvalue weighted by molar-refractivity contribution is -0.154. The lowest BCUT2D eigenvalue weighted by atomic mass is 10.1. The zero-order valence-electron chi connectivity index (χ0n) is 18.3. The van der Waals surface area contributed by atoms with Crippen molar-refractivity contribution in [3.63, 3.8) is 0 Å². The maximum absolute atomic E-state index is 13.7. The molecule has 0 spiro atoms. The number of halogens is 3. The first kappa shape index (κ1) is 22.3. The molecular formula is C23H18F3N7O2. The number of amides is 2. The third-order valence-corrected chi connectivity index (χ3v) is 5.33. The molecule has 2 aromatic heterocycles. The van der Waals surface area contributed by atoms with E-state index in [4.69, 9.17) is 4.74 Å². The van der Waals surface area contributed by atoms with E-state index in [0.717, 1.165) is 11.1 Å². The normalized spacial score (nSPS) is 13.7. The second-order valence-electron chi connectivity index (χ2n) is 7.85. The van der Waals surface area contributed by atoms with Crippen LogP contribution in [0.1, 0.15) is 11.1 Å². The highest BCUT2D eigenvalue weighted by Crippen LogP contribution is 2.37. The number of aryl methyl sites for hydroxylation is 1. The molecular weight excluding hydrogens is 463 g/mol. The van der Waals surface area contributed by atoms with Gasteiger partial charge in [0, 0.05) is 23.0 Å². The Bertz CT molecular complexity index is 1340. The number of H-pyrrole nitrogens is 1. The lowest BCUT2D eigenvalue weighted by Gasteiger charge is -2.36. The fourth-order valence-corrected chi connectivity index (χ4v) is 3.63. The average molecular weight is 481 g/mol. The van der Waals surface area contributed by atoms with Crippen LogP contribution in [-0.2, 0) is 6.54 Å². The van der Waals surface area contributed by atoms with Crippen molar-refractivity contribution in [1.82, 2.24) is 25.4 Å². The van der Waals surface area contributed by atoms with E-state index in [9.17, 15) is 18.0 Å². The zero-order chi connectivity index (χ0) is 24.6. The summed E-state index contributed by atoms with van der Waals surface area (Å²) in [6.45, 7) is 0.544. The molecule has 0 unspecified atom stereocenters. The van der Waals surface area contributed by atoms with Gasteiger partial charge in [-0.25, -0.2) is 14.7 Å². The Hall–Kier alpha value is -4.48. The second-order valence-corrected chi connectivity index (χ2v) is 7.85. The van der Waals surface area contributed by atoms with Crippen LogP contribution in [0, 0.1) is 6.92 Å². The largest absolute Gasteiger partial charge is 0.454 e. The van der Waals surface area contributed by atoms with E-state index in [1.807, 2.05) is 31.2 Å². The van der Waals surface area contributed by atoms with Crippen molar-refractivity contribution in [2.45, 2.75) is 19.6 Å². The molecule has 178 valence electrons. The minimum atomic E-state index is -4.55. The first-order valence-electron chi connectivity index (χ1n) is 10.5. The van der Waals surface area contributed by atoms with Crippen LogP contribution < -0.4 is 14.5 Å². The molecule has 2 aromatic carbocycles. The molecule has 0 radical (unpaired) electrons. The summed E-state index contributed by atoms with van der Waals surface area (Å²) < 4.78 is 42.7. The van der Waals surface area contributed by atoms with Crippen molar-refractivity contribution < 1.29 is 22.7 Å². The number of urea groups is 1. The van der Waals surface area contributed by atoms with Crippen molar-refractivity contribution in [2.24, 2.45) is 0 Å². The van der Waals surface area contributed by atoms with Gasteiger partial charge in [-0.05, 0) is 31.2 Å². The predicted molar refractivity (Wildman–Crippen MR) is 120 cm³/mol. The van der Waals surface area contributed by atoms with E-state index in [0.29, 0.717) is 22.6 Å². The standard InChI is InChI=1S/C23H18F3N7O2/c1-14-2-6-17(7-3-14)32-12-16-10-27-21(35-13-23(24,25)26)29-20(16)33(22(32)34)18-8-4-15(5-9-18)19-11-28-31-30-19/h2-11H,12-13H2,1H3,(H,28,30,31). The Morgan fingerprint density at radius 2 is 1.74 bits per heavy atom. The van der Waals surface area contributed by atoms with Crippen LogP contribution >= 0.6 is 0 Å². The molecule has 12 heteroatoms. The summed E-state index contributed by atoms with van der Waals surface area (Å²) in [7, 11) is 0. The zero-order valence-corrected chi connectivity index (χ0v) is 18.3. The predicted octanol–water partition coefficient (Wildman–Crippen LogP) is 4.79. The maximum atomic E-state index is 13.7. The SMILES string of the molecule is Cc1ccc(N2Cc3cnc(OCC(F)(F)F)nc3N(c3ccc(-c4cn[nH]n4)cc3)C2=O)cc1. The molecule has 0 fully saturated rings. The van der Waals surface area contributed by atoms with Crippen LogP contribution in [0.2, 0.25) is 0 Å². The average Bonchev–Trinajstić information content (AvgIpc) is 3.38. The van der Waals surface area contributed by atoms with Crippen molar-refractivity contribution in [1.29, 1.82) is 0 Å². The van der Waals surface area contributed by atoms with E-state index in [-0.39, 0.29) is 12.4 Å². The highest BCUT2D eigenvalue weighted by atomic mass is 19.4. The van der Waals surface area contributed by atoms with Crippen molar-refractivity contribution in [3.05, 3.63) is 72.1 Å². The van der Waals surface area contributed by atoms with Gasteiger partial charge in [0.1, 0.15) is 5.69 Å². The summed E-state index contributed by atoms with van der Waals surface area (Å²) in [6.07, 6.45) is -1.61. The molecule has 1 aliphatic heterocycles. The molecule has 5 rings (SSSR count). The molecule has 1 N–H and O–H groups in total. The van der Waals surface area contributed by atoms with Gasteiger partial charge in [-0.1, -0.05) is 29.8 Å². The number of rotatable bonds is 5. The number of fused-ring (bicyclic) bond motifs is 1. The highest BCUT2D eigenvalue weighted by Gasteiger charge is 2.35. The maximum Gasteiger partial charge on any atom is 0.422 e. The van der Waals surface area contributed by atoms with Crippen molar-refractivity contribution in [2.75, 3.05) is 16.4 Å². The lowest BCUT2D eigenvalue weighted by Crippen LogP contribution is -2.45. The number of aromatic amines is 1. The third-order valence-electron chi connectivity index (χ3n) is 5.33. The van der Waals surface area contributed by atoms with Gasteiger partial charge in [-0.3, -0.25) is 4.90 Å². The Kier molecular flexibility index (Phi) is 5.55. The number of benzene rings is 2. The Balaban J connectivity index is 1.55. The summed E-state index contributed by atoms with van der Waals surface area (Å²) >= 11 is 0. The quantitative estimate of drug-likeness (QED) is 0.440. The van der Waals surface area contributed by atoms with E-state index in [2.05, 4.69) is 25.4 Å². The van der Waals surface area contributed by atoms with E-state index >= 15 is 0 Å². The third kappa shape index (κ3) is 4.63. The first-order valence-corrected chi connectivity index (χ1v) is 10.5. The molecule has 0 bridgehead atoms. The minimum absolute atomic E-state index is 0.143. The summed E-state index contributed by atoms with van der Waals surface area (Å²) in [4.78, 5) is 24.6. The number of anilines is 3. The number of ether oxygens (including phenoxy) is 1. The van der Waals surface area contributed by atoms with Crippen LogP contribution in [0.3, 0.4) is 0 Å². The number of carbonyl (C=O) groups is 1. The van der Waals surface area contributed by atoms with Crippen molar-refractivity contribution in [3.8, 4) is 17.3 Å². The topological polar surface area (TPSA) is 100 Å². The van der Waals surface area contributed by atoms with Crippen LogP contribution in [0.25, 0.3) is 11.3 Å². The highest BCUT2D eigenvalue weighted by molar-refractivity contribution is 6.10. The van der Waals surface area contributed by atoms with Gasteiger partial charge in [-0.2, -0.15) is 33.6 Å². The fourth-order valence-electron chi connectivity index (χ4n) is 3.63. The molecule has 2 amide bonds. The van der Waals surface area contributed by atoms with E-state index in [1.54, 1.807) is 35.4 Å². The van der Waals surface area contributed by atoms with Crippen LogP contribution in [0.5, 0.6) is 6.01 Å². The molecule has 9 nitrogen and oxygen atoms in total. The Labute approximate surface area is 197 Å². The number of carbonyl (C=O) groups excluding carboxylic acids is 1. The molecule has 1 aliphatic rings. The monoisotopic (exact) mass is 481 g/mol. The molecule has 0 aliphatic carbocycles. The fraction of sp³-hybridized carbons (Fsp3) is 0.174. The van der Waals surface area contributed by atoms with Gasteiger partial charge >= 0.3 is 18.2 Å². The van der Waals surface area contributed by atoms with Gasteiger partial charge < -0.3 is 4.74 Å². The van der Waals surface area contributed by atoms with E-state index in [1.165, 1.54) is 11.1 Å². The smallest absolute Gasteiger partial charge is 0.422 e. The van der Waals surface area contributed by atoms with Gasteiger partial charge in [0.05, 0.1) is 18.4 Å². The number of nitrogens with one attached hydrogen (secondary N) is 1. The molecule has 35 heavy (non-hydrogen) atoms. The van der Waals surface area contributed by atoms with Crippen LogP contribution in [0.15, 0.2) is 60.9 Å².